The Morgan fingerprint density at radius 3 is 2.36 bits per heavy atom. The largest absolute Gasteiger partial charge is 0.488 e. The Morgan fingerprint density at radius 1 is 1.06 bits per heavy atom. The van der Waals surface area contributed by atoms with Crippen LogP contribution in [-0.2, 0) is 31.5 Å². The summed E-state index contributed by atoms with van der Waals surface area (Å²) >= 11 is 0. The van der Waals surface area contributed by atoms with Crippen LogP contribution in [0.15, 0.2) is 60.7 Å². The molecule has 0 aromatic heterocycles. The lowest BCUT2D eigenvalue weighted by Gasteiger charge is -2.29. The molecule has 2 aliphatic rings. The first-order valence-corrected chi connectivity index (χ1v) is 10.8. The highest BCUT2D eigenvalue weighted by Gasteiger charge is 2.48. The summed E-state index contributed by atoms with van der Waals surface area (Å²) < 4.78 is 18.9. The maximum absolute atomic E-state index is 9.55. The SMILES string of the molecule is CC(C)CNCC1COC2(O1)c1ccccc1COc1ccccc12.O=C(O)/C=C\C(=O)O. The quantitative estimate of drug-likeness (QED) is 0.569. The number of benzene rings is 2. The number of ether oxygens (including phenoxy) is 3. The van der Waals surface area contributed by atoms with Gasteiger partial charge < -0.3 is 29.7 Å². The van der Waals surface area contributed by atoms with Gasteiger partial charge in [0.15, 0.2) is 0 Å². The smallest absolute Gasteiger partial charge is 0.328 e. The van der Waals surface area contributed by atoms with Crippen molar-refractivity contribution in [1.29, 1.82) is 0 Å². The Hall–Kier alpha value is -3.20. The monoisotopic (exact) mass is 455 g/mol. The van der Waals surface area contributed by atoms with Crippen molar-refractivity contribution in [2.24, 2.45) is 5.92 Å². The molecule has 1 spiro atoms. The van der Waals surface area contributed by atoms with Crippen LogP contribution in [0.2, 0.25) is 0 Å². The molecule has 176 valence electrons. The average molecular weight is 456 g/mol. The van der Waals surface area contributed by atoms with Crippen molar-refractivity contribution in [3.63, 3.8) is 0 Å². The number of hydrogen-bond donors (Lipinski definition) is 3. The Morgan fingerprint density at radius 2 is 1.70 bits per heavy atom. The maximum Gasteiger partial charge on any atom is 0.328 e. The zero-order valence-electron chi connectivity index (χ0n) is 18.7. The lowest BCUT2D eigenvalue weighted by atomic mass is 9.93. The molecule has 2 heterocycles. The Kier molecular flexibility index (Phi) is 8.21. The summed E-state index contributed by atoms with van der Waals surface area (Å²) in [6.07, 6.45) is 1.13. The number of rotatable bonds is 6. The zero-order chi connectivity index (χ0) is 23.8. The standard InChI is InChI=1S/C21H25NO3.C4H4O4/c1-15(2)11-22-12-17-14-24-21(25-17)18-8-4-3-7-16(18)13-23-20-10-6-5-9-19(20)21;5-3(6)1-2-4(7)8/h3-10,15,17,22H,11-14H2,1-2H3;1-2H,(H,5,6)(H,7,8)/b;2-1-. The first-order chi connectivity index (χ1) is 15.8. The van der Waals surface area contributed by atoms with Gasteiger partial charge in [0.2, 0.25) is 5.79 Å². The van der Waals surface area contributed by atoms with Gasteiger partial charge in [-0.25, -0.2) is 9.59 Å². The van der Waals surface area contributed by atoms with E-state index in [9.17, 15) is 9.59 Å². The molecule has 0 aliphatic carbocycles. The molecule has 2 atom stereocenters. The topological polar surface area (TPSA) is 114 Å². The van der Waals surface area contributed by atoms with Crippen molar-refractivity contribution in [3.8, 4) is 5.75 Å². The molecule has 0 amide bonds. The maximum atomic E-state index is 9.55. The van der Waals surface area contributed by atoms with Crippen molar-refractivity contribution < 1.29 is 34.0 Å². The van der Waals surface area contributed by atoms with Gasteiger partial charge in [0.1, 0.15) is 12.4 Å². The van der Waals surface area contributed by atoms with Gasteiger partial charge in [-0.1, -0.05) is 50.2 Å². The van der Waals surface area contributed by atoms with Crippen LogP contribution in [0, 0.1) is 5.92 Å². The summed E-state index contributed by atoms with van der Waals surface area (Å²) in [5.41, 5.74) is 3.10. The fourth-order valence-corrected chi connectivity index (χ4v) is 3.70. The summed E-state index contributed by atoms with van der Waals surface area (Å²) in [7, 11) is 0. The fourth-order valence-electron chi connectivity index (χ4n) is 3.70. The van der Waals surface area contributed by atoms with E-state index in [0.29, 0.717) is 31.3 Å². The molecular formula is C25H29NO7. The van der Waals surface area contributed by atoms with E-state index in [0.717, 1.165) is 35.5 Å². The minimum Gasteiger partial charge on any atom is -0.488 e. The molecule has 0 saturated carbocycles. The van der Waals surface area contributed by atoms with Gasteiger partial charge in [-0.15, -0.1) is 0 Å². The van der Waals surface area contributed by atoms with Gasteiger partial charge in [0, 0.05) is 24.3 Å². The van der Waals surface area contributed by atoms with E-state index in [-0.39, 0.29) is 6.10 Å². The van der Waals surface area contributed by atoms with Crippen LogP contribution in [0.25, 0.3) is 0 Å². The average Bonchev–Trinajstić information content (AvgIpc) is 3.16. The molecule has 2 unspecified atom stereocenters. The van der Waals surface area contributed by atoms with Crippen LogP contribution in [0.4, 0.5) is 0 Å². The first kappa shape index (κ1) is 24.4. The van der Waals surface area contributed by atoms with Crippen molar-refractivity contribution >= 4 is 11.9 Å². The molecule has 0 bridgehead atoms. The number of fused-ring (bicyclic) bond motifs is 4. The minimum atomic E-state index is -1.26. The van der Waals surface area contributed by atoms with Crippen molar-refractivity contribution in [3.05, 3.63) is 77.4 Å². The second-order valence-corrected chi connectivity index (χ2v) is 8.17. The molecule has 1 fully saturated rings. The van der Waals surface area contributed by atoms with Crippen LogP contribution in [-0.4, -0.2) is 48.0 Å². The molecule has 0 radical (unpaired) electrons. The van der Waals surface area contributed by atoms with Gasteiger partial charge in [0.25, 0.3) is 0 Å². The predicted molar refractivity (Wildman–Crippen MR) is 121 cm³/mol. The Labute approximate surface area is 192 Å². The van der Waals surface area contributed by atoms with Gasteiger partial charge >= 0.3 is 11.9 Å². The molecule has 2 aromatic rings. The molecule has 8 nitrogen and oxygen atoms in total. The number of carboxylic acids is 2. The number of carbonyl (C=O) groups is 2. The first-order valence-electron chi connectivity index (χ1n) is 10.8. The van der Waals surface area contributed by atoms with Crippen LogP contribution in [0.3, 0.4) is 0 Å². The highest BCUT2D eigenvalue weighted by Crippen LogP contribution is 2.47. The van der Waals surface area contributed by atoms with E-state index in [1.54, 1.807) is 0 Å². The van der Waals surface area contributed by atoms with Crippen LogP contribution in [0.1, 0.15) is 30.5 Å². The summed E-state index contributed by atoms with van der Waals surface area (Å²) in [4.78, 5) is 19.1. The number of nitrogens with one attached hydrogen (secondary N) is 1. The highest BCUT2D eigenvalue weighted by atomic mass is 16.7. The highest BCUT2D eigenvalue weighted by molar-refractivity contribution is 5.89. The van der Waals surface area contributed by atoms with Gasteiger partial charge in [-0.05, 0) is 30.2 Å². The van der Waals surface area contributed by atoms with E-state index >= 15 is 0 Å². The van der Waals surface area contributed by atoms with E-state index < -0.39 is 17.7 Å². The number of carboxylic acid groups (broad SMARTS) is 2. The summed E-state index contributed by atoms with van der Waals surface area (Å²) in [6.45, 7) is 7.26. The molecule has 2 aliphatic heterocycles. The molecule has 4 rings (SSSR count). The summed E-state index contributed by atoms with van der Waals surface area (Å²) in [6, 6.07) is 16.3. The molecule has 1 saturated heterocycles. The van der Waals surface area contributed by atoms with Crippen molar-refractivity contribution in [1.82, 2.24) is 5.32 Å². The summed E-state index contributed by atoms with van der Waals surface area (Å²) in [5.74, 6) is -1.95. The third-order valence-electron chi connectivity index (χ3n) is 5.09. The molecule has 33 heavy (non-hydrogen) atoms. The van der Waals surface area contributed by atoms with Crippen LogP contribution < -0.4 is 10.1 Å². The fraction of sp³-hybridized carbons (Fsp3) is 0.360. The predicted octanol–water partition coefficient (Wildman–Crippen LogP) is 3.15. The Balaban J connectivity index is 0.000000331. The lowest BCUT2D eigenvalue weighted by Crippen LogP contribution is -2.34. The third-order valence-corrected chi connectivity index (χ3v) is 5.09. The second kappa shape index (κ2) is 11.1. The van der Waals surface area contributed by atoms with Gasteiger partial charge in [-0.3, -0.25) is 0 Å². The number of para-hydroxylation sites is 1. The third kappa shape index (κ3) is 6.19. The Bertz CT molecular complexity index is 938. The lowest BCUT2D eigenvalue weighted by molar-refractivity contribution is -0.142. The zero-order valence-corrected chi connectivity index (χ0v) is 18.7. The second-order valence-electron chi connectivity index (χ2n) is 8.17. The number of hydrogen-bond acceptors (Lipinski definition) is 6. The molecule has 3 N–H and O–H groups in total. The van der Waals surface area contributed by atoms with E-state index in [1.807, 2.05) is 36.4 Å². The minimum absolute atomic E-state index is 0.0120. The summed E-state index contributed by atoms with van der Waals surface area (Å²) in [5, 5.41) is 19.1. The molecule has 8 heteroatoms. The van der Waals surface area contributed by atoms with E-state index in [1.165, 1.54) is 0 Å². The van der Waals surface area contributed by atoms with Gasteiger partial charge in [0.05, 0.1) is 18.3 Å². The van der Waals surface area contributed by atoms with E-state index in [2.05, 4.69) is 31.3 Å². The van der Waals surface area contributed by atoms with Crippen LogP contribution in [0.5, 0.6) is 5.75 Å². The van der Waals surface area contributed by atoms with Gasteiger partial charge in [-0.2, -0.15) is 0 Å². The normalized spacial score (nSPS) is 21.0. The van der Waals surface area contributed by atoms with Crippen molar-refractivity contribution in [2.45, 2.75) is 32.3 Å². The van der Waals surface area contributed by atoms with E-state index in [4.69, 9.17) is 24.4 Å². The van der Waals surface area contributed by atoms with Crippen LogP contribution >= 0.6 is 0 Å². The number of aliphatic carboxylic acids is 2. The molecule has 2 aromatic carbocycles. The molecular weight excluding hydrogens is 426 g/mol. The van der Waals surface area contributed by atoms with Crippen molar-refractivity contribution in [2.75, 3.05) is 19.7 Å².